The molecule has 1 N–H and O–H groups in total. The Morgan fingerprint density at radius 1 is 1.17 bits per heavy atom. The minimum Gasteiger partial charge on any atom is -0.440 e. The largest absolute Gasteiger partial charge is 0.440 e. The lowest BCUT2D eigenvalue weighted by Gasteiger charge is -2.18. The van der Waals surface area contributed by atoms with Crippen LogP contribution >= 0.6 is 0 Å². The Kier molecular flexibility index (Phi) is 5.07. The molecule has 2 rings (SSSR count). The van der Waals surface area contributed by atoms with E-state index in [0.29, 0.717) is 11.3 Å². The Labute approximate surface area is 140 Å². The Hall–Kier alpha value is -2.63. The molecule has 0 saturated carbocycles. The summed E-state index contributed by atoms with van der Waals surface area (Å²) in [6.07, 6.45) is 0. The van der Waals surface area contributed by atoms with E-state index in [0.717, 1.165) is 11.1 Å². The van der Waals surface area contributed by atoms with Crippen molar-refractivity contribution in [1.82, 2.24) is 9.55 Å². The van der Waals surface area contributed by atoms with Crippen LogP contribution in [0, 0.1) is 13.8 Å². The molecule has 0 spiro atoms. The molecule has 1 heterocycles. The minimum absolute atomic E-state index is 0.124. The van der Waals surface area contributed by atoms with Crippen LogP contribution < -0.4 is 16.0 Å². The number of H-pyrrole nitrogens is 1. The number of aryl methyl sites for hydroxylation is 2. The number of aromatic amines is 1. The second-order valence-corrected chi connectivity index (χ2v) is 6.35. The van der Waals surface area contributed by atoms with Crippen molar-refractivity contribution in [3.63, 3.8) is 0 Å². The minimum atomic E-state index is -0.654. The first kappa shape index (κ1) is 17.7. The summed E-state index contributed by atoms with van der Waals surface area (Å²) in [5, 5.41) is 0. The molecule has 1 aromatic heterocycles. The number of ketones is 1. The lowest BCUT2D eigenvalue weighted by molar-refractivity contribution is -0.117. The Morgan fingerprint density at radius 3 is 2.25 bits per heavy atom. The first-order valence-electron chi connectivity index (χ1n) is 7.81. The number of benzene rings is 1. The van der Waals surface area contributed by atoms with Gasteiger partial charge >= 0.3 is 5.69 Å². The van der Waals surface area contributed by atoms with E-state index in [4.69, 9.17) is 4.74 Å². The van der Waals surface area contributed by atoms with Crippen LogP contribution in [-0.2, 0) is 11.3 Å². The molecule has 0 aliphatic carbocycles. The van der Waals surface area contributed by atoms with Gasteiger partial charge in [0.05, 0.1) is 12.1 Å². The monoisotopic (exact) mass is 330 g/mol. The number of Topliss-reactive ketones (excluding diaryl/α,β-unsaturated/α-hetero) is 1. The van der Waals surface area contributed by atoms with E-state index in [1.165, 1.54) is 11.5 Å². The zero-order chi connectivity index (χ0) is 18.0. The molecular weight excluding hydrogens is 308 g/mol. The van der Waals surface area contributed by atoms with Gasteiger partial charge in [-0.2, -0.15) is 0 Å². The van der Waals surface area contributed by atoms with Gasteiger partial charge in [-0.1, -0.05) is 19.9 Å². The predicted octanol–water partition coefficient (Wildman–Crippen LogP) is 2.66. The lowest BCUT2D eigenvalue weighted by atomic mass is 10.1. The molecule has 0 bridgehead atoms. The molecule has 1 aromatic carbocycles. The molecule has 0 radical (unpaired) electrons. The van der Waals surface area contributed by atoms with Crippen molar-refractivity contribution in [1.29, 1.82) is 0 Å². The van der Waals surface area contributed by atoms with Crippen molar-refractivity contribution >= 4 is 5.78 Å². The molecule has 0 aliphatic rings. The van der Waals surface area contributed by atoms with E-state index in [9.17, 15) is 14.4 Å². The van der Waals surface area contributed by atoms with E-state index in [1.807, 2.05) is 45.9 Å². The summed E-state index contributed by atoms with van der Waals surface area (Å²) >= 11 is 0. The van der Waals surface area contributed by atoms with E-state index in [-0.39, 0.29) is 24.1 Å². The van der Waals surface area contributed by atoms with Gasteiger partial charge in [0, 0.05) is 0 Å². The number of hydrogen-bond acceptors (Lipinski definition) is 4. The number of aromatic nitrogens is 2. The highest BCUT2D eigenvalue weighted by Gasteiger charge is 2.20. The van der Waals surface area contributed by atoms with Crippen molar-refractivity contribution < 1.29 is 9.53 Å². The SMILES string of the molecule is CC(=O)Cn1c(Oc2cc(C)cc(C)c2)c(C(C)C)c(=O)[nH]c1=O. The van der Waals surface area contributed by atoms with Crippen molar-refractivity contribution in [2.45, 2.75) is 47.1 Å². The lowest BCUT2D eigenvalue weighted by Crippen LogP contribution is -2.35. The molecular formula is C18H22N2O4. The summed E-state index contributed by atoms with van der Waals surface area (Å²) in [5.74, 6) is 0.272. The van der Waals surface area contributed by atoms with Crippen molar-refractivity contribution in [2.75, 3.05) is 0 Å². The number of carbonyl (C=O) groups is 1. The maximum atomic E-state index is 12.2. The van der Waals surface area contributed by atoms with Crippen LogP contribution in [-0.4, -0.2) is 15.3 Å². The highest BCUT2D eigenvalue weighted by Crippen LogP contribution is 2.28. The molecule has 0 atom stereocenters. The van der Waals surface area contributed by atoms with Crippen LogP contribution in [0.3, 0.4) is 0 Å². The molecule has 0 fully saturated rings. The van der Waals surface area contributed by atoms with Crippen LogP contribution in [0.1, 0.15) is 43.4 Å². The normalized spacial score (nSPS) is 10.9. The number of nitrogens with zero attached hydrogens (tertiary/aromatic N) is 1. The summed E-state index contributed by atoms with van der Waals surface area (Å²) in [7, 11) is 0. The van der Waals surface area contributed by atoms with E-state index >= 15 is 0 Å². The highest BCUT2D eigenvalue weighted by atomic mass is 16.5. The summed E-state index contributed by atoms with van der Waals surface area (Å²) in [6.45, 7) is 8.76. The number of nitrogens with one attached hydrogen (secondary N) is 1. The molecule has 2 aromatic rings. The quantitative estimate of drug-likeness (QED) is 0.914. The fourth-order valence-corrected chi connectivity index (χ4v) is 2.66. The molecule has 128 valence electrons. The first-order chi connectivity index (χ1) is 11.2. The second-order valence-electron chi connectivity index (χ2n) is 6.35. The van der Waals surface area contributed by atoms with Gasteiger partial charge in [0.2, 0.25) is 5.88 Å². The Morgan fingerprint density at radius 2 is 1.75 bits per heavy atom. The number of hydrogen-bond donors (Lipinski definition) is 1. The van der Waals surface area contributed by atoms with E-state index in [1.54, 1.807) is 0 Å². The zero-order valence-corrected chi connectivity index (χ0v) is 14.6. The van der Waals surface area contributed by atoms with Crippen molar-refractivity contribution in [2.24, 2.45) is 0 Å². The van der Waals surface area contributed by atoms with Crippen LogP contribution in [0.4, 0.5) is 0 Å². The van der Waals surface area contributed by atoms with Crippen LogP contribution in [0.5, 0.6) is 11.6 Å². The van der Waals surface area contributed by atoms with Gasteiger partial charge in [-0.3, -0.25) is 19.1 Å². The molecule has 0 aliphatic heterocycles. The van der Waals surface area contributed by atoms with Crippen LogP contribution in [0.25, 0.3) is 0 Å². The smallest absolute Gasteiger partial charge is 0.331 e. The van der Waals surface area contributed by atoms with Gasteiger partial charge < -0.3 is 4.74 Å². The summed E-state index contributed by atoms with van der Waals surface area (Å²) in [5.41, 5.74) is 1.20. The average Bonchev–Trinajstić information content (AvgIpc) is 2.40. The fourth-order valence-electron chi connectivity index (χ4n) is 2.66. The maximum Gasteiger partial charge on any atom is 0.331 e. The topological polar surface area (TPSA) is 81.2 Å². The van der Waals surface area contributed by atoms with Gasteiger partial charge in [0.25, 0.3) is 5.56 Å². The highest BCUT2D eigenvalue weighted by molar-refractivity contribution is 5.75. The molecule has 6 heteroatoms. The van der Waals surface area contributed by atoms with Crippen LogP contribution in [0.2, 0.25) is 0 Å². The molecule has 24 heavy (non-hydrogen) atoms. The third-order valence-electron chi connectivity index (χ3n) is 3.55. The third-order valence-corrected chi connectivity index (χ3v) is 3.55. The zero-order valence-electron chi connectivity index (χ0n) is 14.6. The second kappa shape index (κ2) is 6.86. The van der Waals surface area contributed by atoms with Gasteiger partial charge in [0.1, 0.15) is 11.5 Å². The van der Waals surface area contributed by atoms with Crippen molar-refractivity contribution in [3.8, 4) is 11.6 Å². The predicted molar refractivity (Wildman–Crippen MR) is 92.1 cm³/mol. The third kappa shape index (κ3) is 3.82. The first-order valence-corrected chi connectivity index (χ1v) is 7.81. The molecule has 0 saturated heterocycles. The summed E-state index contributed by atoms with van der Waals surface area (Å²) in [6, 6.07) is 5.64. The summed E-state index contributed by atoms with van der Waals surface area (Å²) < 4.78 is 7.09. The van der Waals surface area contributed by atoms with Gasteiger partial charge in [-0.25, -0.2) is 4.79 Å². The van der Waals surface area contributed by atoms with Crippen molar-refractivity contribution in [3.05, 3.63) is 55.7 Å². The molecule has 6 nitrogen and oxygen atoms in total. The van der Waals surface area contributed by atoms with E-state index < -0.39 is 11.2 Å². The number of rotatable bonds is 5. The maximum absolute atomic E-state index is 12.2. The summed E-state index contributed by atoms with van der Waals surface area (Å²) in [4.78, 5) is 38.2. The fraction of sp³-hybridized carbons (Fsp3) is 0.389. The number of ether oxygens (including phenoxy) is 1. The van der Waals surface area contributed by atoms with Gasteiger partial charge in [-0.05, 0) is 49.9 Å². The van der Waals surface area contributed by atoms with Crippen LogP contribution in [0.15, 0.2) is 27.8 Å². The average molecular weight is 330 g/mol. The van der Waals surface area contributed by atoms with E-state index in [2.05, 4.69) is 4.98 Å². The van der Waals surface area contributed by atoms with Gasteiger partial charge in [0.15, 0.2) is 0 Å². The number of carbonyl (C=O) groups excluding carboxylic acids is 1. The van der Waals surface area contributed by atoms with Gasteiger partial charge in [-0.15, -0.1) is 0 Å². The Bertz CT molecular complexity index is 871. The Balaban J connectivity index is 2.70. The standard InChI is InChI=1S/C18H22N2O4/c1-10(2)15-16(22)19-18(23)20(9-13(5)21)17(15)24-14-7-11(3)6-12(4)8-14/h6-8,10H,9H2,1-5H3,(H,19,22,23). The molecule has 0 unspecified atom stereocenters. The molecule has 0 amide bonds.